The van der Waals surface area contributed by atoms with Crippen molar-refractivity contribution in [2.75, 3.05) is 7.11 Å². The molecular formula is C28H29BF3NO5. The zero-order valence-corrected chi connectivity index (χ0v) is 20.8. The number of methoxy groups -OCH3 is 1. The summed E-state index contributed by atoms with van der Waals surface area (Å²) in [6, 6.07) is 20.3. The van der Waals surface area contributed by atoms with E-state index in [2.05, 4.69) is 5.32 Å². The number of Topliss-reactive ketones (excluding diaryl/α,β-unsaturated/α-hetero) is 1. The van der Waals surface area contributed by atoms with Crippen LogP contribution < -0.4 is 10.1 Å². The first-order chi connectivity index (χ1) is 18.1. The minimum absolute atomic E-state index is 0.0187. The number of ether oxygens (including phenoxy) is 1. The van der Waals surface area contributed by atoms with E-state index in [1.807, 2.05) is 30.3 Å². The molecule has 0 aliphatic carbocycles. The van der Waals surface area contributed by atoms with Crippen LogP contribution in [-0.2, 0) is 23.8 Å². The summed E-state index contributed by atoms with van der Waals surface area (Å²) < 4.78 is 44.2. The quantitative estimate of drug-likeness (QED) is 0.242. The molecule has 0 spiro atoms. The van der Waals surface area contributed by atoms with Crippen molar-refractivity contribution in [1.29, 1.82) is 0 Å². The highest BCUT2D eigenvalue weighted by atomic mass is 19.4. The molecule has 3 aromatic carbocycles. The average molecular weight is 527 g/mol. The van der Waals surface area contributed by atoms with Crippen LogP contribution in [0.15, 0.2) is 78.9 Å². The molecule has 0 bridgehead atoms. The predicted molar refractivity (Wildman–Crippen MR) is 137 cm³/mol. The number of hydrogen-bond donors (Lipinski definition) is 3. The molecule has 0 aliphatic heterocycles. The third kappa shape index (κ3) is 8.46. The Kier molecular flexibility index (Phi) is 10.1. The molecule has 1 unspecified atom stereocenters. The van der Waals surface area contributed by atoms with Gasteiger partial charge in [0.1, 0.15) is 5.75 Å². The molecule has 1 amide bonds. The van der Waals surface area contributed by atoms with Crippen LogP contribution in [0.3, 0.4) is 0 Å². The molecule has 0 saturated heterocycles. The SMILES string of the molecule is COc1ccc(C(=O)CC(Cc2ccccc2)C(=O)N[C@@H](CCc2cccc(C(F)(F)F)c2)B(O)O)cc1. The number of carbonyl (C=O) groups is 2. The van der Waals surface area contributed by atoms with Crippen LogP contribution in [0.1, 0.15) is 39.9 Å². The van der Waals surface area contributed by atoms with E-state index in [4.69, 9.17) is 4.74 Å². The molecule has 0 aromatic heterocycles. The Bertz CT molecular complexity index is 1200. The fourth-order valence-corrected chi connectivity index (χ4v) is 4.10. The van der Waals surface area contributed by atoms with E-state index in [-0.39, 0.29) is 31.5 Å². The molecule has 2 atom stereocenters. The van der Waals surface area contributed by atoms with E-state index in [0.29, 0.717) is 16.9 Å². The third-order valence-corrected chi connectivity index (χ3v) is 6.23. The number of nitrogens with one attached hydrogen (secondary N) is 1. The van der Waals surface area contributed by atoms with E-state index in [9.17, 15) is 32.8 Å². The van der Waals surface area contributed by atoms with Crippen molar-refractivity contribution in [1.82, 2.24) is 5.32 Å². The Balaban J connectivity index is 1.73. The highest BCUT2D eigenvalue weighted by Crippen LogP contribution is 2.30. The van der Waals surface area contributed by atoms with Crippen molar-refractivity contribution in [3.05, 3.63) is 101 Å². The summed E-state index contributed by atoms with van der Waals surface area (Å²) in [7, 11) is -0.435. The van der Waals surface area contributed by atoms with Gasteiger partial charge in [0.25, 0.3) is 0 Å². The molecule has 0 fully saturated rings. The maximum absolute atomic E-state index is 13.3. The molecule has 0 saturated carbocycles. The summed E-state index contributed by atoms with van der Waals surface area (Å²) in [6.07, 6.45) is -4.34. The van der Waals surface area contributed by atoms with Gasteiger partial charge in [-0.25, -0.2) is 0 Å². The zero-order chi connectivity index (χ0) is 27.7. The molecule has 3 N–H and O–H groups in total. The Labute approximate surface area is 219 Å². The van der Waals surface area contributed by atoms with Gasteiger partial charge in [-0.05, 0) is 60.7 Å². The van der Waals surface area contributed by atoms with Crippen molar-refractivity contribution in [3.8, 4) is 5.75 Å². The molecule has 200 valence electrons. The molecule has 38 heavy (non-hydrogen) atoms. The van der Waals surface area contributed by atoms with Crippen LogP contribution >= 0.6 is 0 Å². The summed E-state index contributed by atoms with van der Waals surface area (Å²) in [5.41, 5.74) is 0.760. The smallest absolute Gasteiger partial charge is 0.475 e. The van der Waals surface area contributed by atoms with Crippen molar-refractivity contribution in [2.24, 2.45) is 5.92 Å². The largest absolute Gasteiger partial charge is 0.497 e. The topological polar surface area (TPSA) is 95.9 Å². The van der Waals surface area contributed by atoms with Crippen LogP contribution in [0.2, 0.25) is 0 Å². The Morgan fingerprint density at radius 3 is 2.21 bits per heavy atom. The summed E-state index contributed by atoms with van der Waals surface area (Å²) in [4.78, 5) is 26.3. The molecule has 0 heterocycles. The first kappa shape index (κ1) is 28.9. The first-order valence-electron chi connectivity index (χ1n) is 12.1. The second-order valence-corrected chi connectivity index (χ2v) is 9.01. The summed E-state index contributed by atoms with van der Waals surface area (Å²) in [5, 5.41) is 22.4. The van der Waals surface area contributed by atoms with Gasteiger partial charge >= 0.3 is 13.3 Å². The van der Waals surface area contributed by atoms with Gasteiger partial charge in [-0.15, -0.1) is 0 Å². The summed E-state index contributed by atoms with van der Waals surface area (Å²) in [6.45, 7) is 0. The second kappa shape index (κ2) is 13.3. The van der Waals surface area contributed by atoms with Gasteiger partial charge < -0.3 is 20.1 Å². The normalized spacial score (nSPS) is 12.9. The highest BCUT2D eigenvalue weighted by Gasteiger charge is 2.32. The van der Waals surface area contributed by atoms with Crippen molar-refractivity contribution >= 4 is 18.8 Å². The van der Waals surface area contributed by atoms with E-state index in [1.165, 1.54) is 19.2 Å². The number of halogens is 3. The number of rotatable bonds is 12. The fourth-order valence-electron chi connectivity index (χ4n) is 4.10. The second-order valence-electron chi connectivity index (χ2n) is 9.01. The first-order valence-corrected chi connectivity index (χ1v) is 12.1. The van der Waals surface area contributed by atoms with Gasteiger partial charge in [0.15, 0.2) is 5.78 Å². The van der Waals surface area contributed by atoms with Crippen LogP contribution in [0.4, 0.5) is 13.2 Å². The number of benzene rings is 3. The lowest BCUT2D eigenvalue weighted by atomic mass is 9.75. The lowest BCUT2D eigenvalue weighted by Crippen LogP contribution is -2.49. The minimum Gasteiger partial charge on any atom is -0.497 e. The van der Waals surface area contributed by atoms with Crippen molar-refractivity contribution < 1.29 is 37.5 Å². The molecule has 6 nitrogen and oxygen atoms in total. The van der Waals surface area contributed by atoms with Gasteiger partial charge in [0, 0.05) is 17.9 Å². The molecule has 0 aliphatic rings. The molecular weight excluding hydrogens is 498 g/mol. The van der Waals surface area contributed by atoms with E-state index in [1.54, 1.807) is 24.3 Å². The number of aryl methyl sites for hydroxylation is 1. The zero-order valence-electron chi connectivity index (χ0n) is 20.8. The van der Waals surface area contributed by atoms with Crippen LogP contribution in [0.25, 0.3) is 0 Å². The monoisotopic (exact) mass is 527 g/mol. The standard InChI is InChI=1S/C28H29BF3NO5/c1-38-24-13-11-21(12-14-24)25(34)18-22(16-19-6-3-2-4-7-19)27(35)33-26(29(36)37)15-10-20-8-5-9-23(17-20)28(30,31)32/h2-9,11-14,17,22,26,36-37H,10,15-16,18H2,1H3,(H,33,35)/t22?,26-/m0/s1. The van der Waals surface area contributed by atoms with Crippen LogP contribution in [0, 0.1) is 5.92 Å². The molecule has 3 aromatic rings. The van der Waals surface area contributed by atoms with E-state index < -0.39 is 36.6 Å². The number of hydrogen-bond acceptors (Lipinski definition) is 5. The van der Waals surface area contributed by atoms with Gasteiger partial charge in [0.2, 0.25) is 5.91 Å². The predicted octanol–water partition coefficient (Wildman–Crippen LogP) is 4.28. The van der Waals surface area contributed by atoms with Gasteiger partial charge in [0.05, 0.1) is 18.6 Å². The van der Waals surface area contributed by atoms with Gasteiger partial charge in [-0.1, -0.05) is 48.5 Å². The Morgan fingerprint density at radius 1 is 0.947 bits per heavy atom. The number of ketones is 1. The number of amides is 1. The number of carbonyl (C=O) groups excluding carboxylic acids is 2. The van der Waals surface area contributed by atoms with Gasteiger partial charge in [-0.2, -0.15) is 13.2 Å². The Hall–Kier alpha value is -3.63. The lowest BCUT2D eigenvalue weighted by molar-refractivity contribution is -0.137. The maximum atomic E-state index is 13.3. The lowest BCUT2D eigenvalue weighted by Gasteiger charge is -2.22. The summed E-state index contributed by atoms with van der Waals surface area (Å²) >= 11 is 0. The molecule has 3 rings (SSSR count). The third-order valence-electron chi connectivity index (χ3n) is 6.23. The summed E-state index contributed by atoms with van der Waals surface area (Å²) in [5.74, 6) is -2.21. The van der Waals surface area contributed by atoms with Crippen LogP contribution in [-0.4, -0.2) is 41.9 Å². The number of alkyl halides is 3. The fraction of sp³-hybridized carbons (Fsp3) is 0.286. The van der Waals surface area contributed by atoms with Crippen molar-refractivity contribution in [3.63, 3.8) is 0 Å². The van der Waals surface area contributed by atoms with Gasteiger partial charge in [-0.3, -0.25) is 9.59 Å². The average Bonchev–Trinajstić information content (AvgIpc) is 2.90. The van der Waals surface area contributed by atoms with Crippen LogP contribution in [0.5, 0.6) is 5.75 Å². The van der Waals surface area contributed by atoms with E-state index in [0.717, 1.165) is 17.7 Å². The Morgan fingerprint density at radius 2 is 1.61 bits per heavy atom. The maximum Gasteiger partial charge on any atom is 0.475 e. The minimum atomic E-state index is -4.50. The van der Waals surface area contributed by atoms with E-state index >= 15 is 0 Å². The molecule has 0 radical (unpaired) electrons. The molecule has 10 heteroatoms. The highest BCUT2D eigenvalue weighted by molar-refractivity contribution is 6.43. The van der Waals surface area contributed by atoms with Crippen molar-refractivity contribution in [2.45, 2.75) is 37.8 Å².